The lowest BCUT2D eigenvalue weighted by atomic mass is 9.87. The highest BCUT2D eigenvalue weighted by Gasteiger charge is 2.57. The fourth-order valence-electron chi connectivity index (χ4n) is 6.10. The number of rotatable bonds is 21. The summed E-state index contributed by atoms with van der Waals surface area (Å²) in [5, 5.41) is 12.0. The van der Waals surface area contributed by atoms with Crippen molar-refractivity contribution in [2.45, 2.75) is 173 Å². The van der Waals surface area contributed by atoms with E-state index in [9.17, 15) is 43.0 Å². The molecule has 0 saturated carbocycles. The van der Waals surface area contributed by atoms with Crippen molar-refractivity contribution >= 4 is 68.6 Å². The van der Waals surface area contributed by atoms with Gasteiger partial charge in [0, 0.05) is 30.0 Å². The number of aromatic hydroxyl groups is 1. The number of phenolic OH excluding ortho intramolecular Hbond substituents is 1. The number of ether oxygens (including phenoxy) is 6. The van der Waals surface area contributed by atoms with Gasteiger partial charge in [0.05, 0.1) is 33.8 Å². The van der Waals surface area contributed by atoms with Gasteiger partial charge in [-0.25, -0.2) is 0 Å². The van der Waals surface area contributed by atoms with Crippen molar-refractivity contribution in [3.63, 3.8) is 0 Å². The van der Waals surface area contributed by atoms with Gasteiger partial charge in [0.2, 0.25) is 5.91 Å². The number of hydrogen-bond acceptors (Lipinski definition) is 17. The number of phenols is 1. The molecule has 0 aliphatic carbocycles. The summed E-state index contributed by atoms with van der Waals surface area (Å²) < 4.78 is 72.4. The lowest BCUT2D eigenvalue weighted by Gasteiger charge is -2.30. The standard InChI is InChI=1S/C50H69NO17P2/c1-16-18-19-20-38(54)62-31-23-21-30(22-24-31)40-29(3)61-36-28-35(52)34(27-33(36)32(40)17-2)51-37(53)25-26-39(69(59)67-45(63-41(55)47(4,5)6)64-42(56)48(7,8)9)70(60)68-46(65-43(57)49(10,11)12)66-44(58)50(13,14)15/h21-24,27-29,39,45-46H,16-20,25-26H2,1-15H3/p+2. The second kappa shape index (κ2) is 24.7. The number of esters is 5. The first-order valence-electron chi connectivity index (χ1n) is 23.2. The minimum atomic E-state index is -3.40. The highest BCUT2D eigenvalue weighted by molar-refractivity contribution is 7.58. The first kappa shape index (κ1) is 59.0. The molecule has 0 aromatic heterocycles. The molecule has 1 aliphatic rings. The number of unbranched alkanes of at least 4 members (excludes halogenated alkanes) is 2. The Bertz CT molecular complexity index is 2170. The molecule has 70 heavy (non-hydrogen) atoms. The van der Waals surface area contributed by atoms with Crippen molar-refractivity contribution in [2.75, 3.05) is 5.32 Å². The van der Waals surface area contributed by atoms with E-state index in [2.05, 4.69) is 12.2 Å². The summed E-state index contributed by atoms with van der Waals surface area (Å²) in [4.78, 5) is 78.0. The third-order valence-corrected chi connectivity index (χ3v) is 13.6. The zero-order chi connectivity index (χ0) is 53.1. The molecule has 3 rings (SSSR count). The molecular formula is C50H71NO17P2+2. The molecule has 1 amide bonds. The predicted molar refractivity (Wildman–Crippen MR) is 260 cm³/mol. The molecular weight excluding hydrogens is 948 g/mol. The Labute approximate surface area is 412 Å². The molecule has 0 radical (unpaired) electrons. The normalized spacial score (nSPS) is 15.0. The Morgan fingerprint density at radius 1 is 0.686 bits per heavy atom. The van der Waals surface area contributed by atoms with Crippen LogP contribution in [-0.4, -0.2) is 65.3 Å². The quantitative estimate of drug-likeness (QED) is 0.0295. The van der Waals surface area contributed by atoms with E-state index in [4.69, 9.17) is 37.5 Å². The van der Waals surface area contributed by atoms with Gasteiger partial charge in [-0.3, -0.25) is 28.8 Å². The summed E-state index contributed by atoms with van der Waals surface area (Å²) in [6.07, 6.45) is 1.88. The number of hydrogen-bond donors (Lipinski definition) is 2. The van der Waals surface area contributed by atoms with E-state index in [0.29, 0.717) is 29.9 Å². The predicted octanol–water partition coefficient (Wildman–Crippen LogP) is 11.5. The molecule has 0 bridgehead atoms. The number of nitrogens with one attached hydrogen (secondary N) is 1. The monoisotopic (exact) mass is 1020 g/mol. The number of carbonyl (C=O) groups is 6. The third-order valence-electron chi connectivity index (χ3n) is 10.2. The first-order chi connectivity index (χ1) is 32.3. The van der Waals surface area contributed by atoms with Crippen LogP contribution in [-0.2, 0) is 65.9 Å². The summed E-state index contributed by atoms with van der Waals surface area (Å²) in [5.74, 6) is -4.37. The van der Waals surface area contributed by atoms with E-state index in [0.717, 1.165) is 36.0 Å². The van der Waals surface area contributed by atoms with Gasteiger partial charge in [-0.2, -0.15) is 0 Å². The second-order valence-corrected chi connectivity index (χ2v) is 24.1. The maximum absolute atomic E-state index is 14.2. The zero-order valence-corrected chi connectivity index (χ0v) is 44.9. The van der Waals surface area contributed by atoms with Gasteiger partial charge in [0.1, 0.15) is 23.4 Å². The molecule has 2 N–H and O–H groups in total. The average Bonchev–Trinajstić information content (AvgIpc) is 3.22. The summed E-state index contributed by atoms with van der Waals surface area (Å²) in [5.41, 5.74) is -1.62. The Kier molecular flexibility index (Phi) is 20.8. The smallest absolute Gasteiger partial charge is 0.506 e. The molecule has 1 aliphatic heterocycles. The van der Waals surface area contributed by atoms with E-state index >= 15 is 0 Å². The fourth-order valence-corrected chi connectivity index (χ4v) is 8.51. The van der Waals surface area contributed by atoms with Crippen molar-refractivity contribution in [1.29, 1.82) is 0 Å². The van der Waals surface area contributed by atoms with Crippen LogP contribution in [0.25, 0.3) is 11.1 Å². The number of allylic oxidation sites excluding steroid dienone is 1. The van der Waals surface area contributed by atoms with E-state index in [-0.39, 0.29) is 17.4 Å². The van der Waals surface area contributed by atoms with Crippen molar-refractivity contribution < 1.29 is 80.5 Å². The van der Waals surface area contributed by atoms with E-state index in [1.54, 1.807) is 18.2 Å². The minimum absolute atomic E-state index is 0.0261. The minimum Gasteiger partial charge on any atom is -0.506 e. The Morgan fingerprint density at radius 2 is 1.14 bits per heavy atom. The Morgan fingerprint density at radius 3 is 1.56 bits per heavy atom. The van der Waals surface area contributed by atoms with Crippen LogP contribution in [0.2, 0.25) is 0 Å². The molecule has 2 aromatic rings. The van der Waals surface area contributed by atoms with Crippen molar-refractivity contribution in [3.05, 3.63) is 47.5 Å². The van der Waals surface area contributed by atoms with Crippen LogP contribution < -0.4 is 14.8 Å². The number of amides is 1. The lowest BCUT2D eigenvalue weighted by Crippen LogP contribution is -2.35. The van der Waals surface area contributed by atoms with Crippen LogP contribution in [0.1, 0.15) is 160 Å². The topological polar surface area (TPSA) is 243 Å². The van der Waals surface area contributed by atoms with Crippen molar-refractivity contribution in [1.82, 2.24) is 0 Å². The lowest BCUT2D eigenvalue weighted by molar-refractivity contribution is -0.244. The van der Waals surface area contributed by atoms with Gasteiger partial charge in [-0.15, -0.1) is 0 Å². The summed E-state index contributed by atoms with van der Waals surface area (Å²) in [6, 6.07) is 9.96. The van der Waals surface area contributed by atoms with Gasteiger partial charge in [0.15, 0.2) is 0 Å². The fraction of sp³-hybridized carbons (Fsp3) is 0.600. The van der Waals surface area contributed by atoms with E-state index < -0.39 is 105 Å². The van der Waals surface area contributed by atoms with Crippen LogP contribution in [0, 0.1) is 21.7 Å². The van der Waals surface area contributed by atoms with Crippen molar-refractivity contribution in [3.8, 4) is 17.2 Å². The number of anilines is 1. The van der Waals surface area contributed by atoms with Gasteiger partial charge >= 0.3 is 64.3 Å². The van der Waals surface area contributed by atoms with Gasteiger partial charge < -0.3 is 38.8 Å². The molecule has 1 heterocycles. The Hall–Kier alpha value is -5.28. The average molecular weight is 1020 g/mol. The second-order valence-electron chi connectivity index (χ2n) is 20.9. The van der Waals surface area contributed by atoms with Crippen LogP contribution in [0.15, 0.2) is 36.4 Å². The van der Waals surface area contributed by atoms with E-state index in [1.807, 2.05) is 26.0 Å². The largest absolute Gasteiger partial charge is 0.574 e. The SMILES string of the molecule is CCCCCC(=O)Oc1ccc(C2=C(CC)c3cc(NC(=O)CCC([P+](=O)OC(OC(=O)C(C)(C)C)OC(=O)C(C)(C)C)[P+](=O)OC(OC(=O)C(C)(C)C)OC(=O)C(C)(C)C)c(O)cc3OC2C)cc1. The third kappa shape index (κ3) is 17.5. The van der Waals surface area contributed by atoms with E-state index in [1.165, 1.54) is 89.2 Å². The maximum Gasteiger partial charge on any atom is 0.574 e. The molecule has 386 valence electrons. The summed E-state index contributed by atoms with van der Waals surface area (Å²) in [7, 11) is -6.79. The van der Waals surface area contributed by atoms with Crippen LogP contribution in [0.3, 0.4) is 0 Å². The summed E-state index contributed by atoms with van der Waals surface area (Å²) >= 11 is 0. The molecule has 0 fully saturated rings. The highest BCUT2D eigenvalue weighted by Crippen LogP contribution is 2.51. The molecule has 0 saturated heterocycles. The zero-order valence-electron chi connectivity index (χ0n) is 43.1. The van der Waals surface area contributed by atoms with Crippen molar-refractivity contribution in [2.24, 2.45) is 21.7 Å². The highest BCUT2D eigenvalue weighted by atomic mass is 31.2. The molecule has 0 spiro atoms. The molecule has 20 heteroatoms. The van der Waals surface area contributed by atoms with Crippen LogP contribution >= 0.6 is 16.1 Å². The maximum atomic E-state index is 14.2. The molecule has 3 unspecified atom stereocenters. The van der Waals surface area contributed by atoms with Gasteiger partial charge in [-0.05, 0) is 141 Å². The Balaban J connectivity index is 2.00. The van der Waals surface area contributed by atoms with Crippen LogP contribution in [0.4, 0.5) is 5.69 Å². The molecule has 3 atom stereocenters. The van der Waals surface area contributed by atoms with Crippen LogP contribution in [0.5, 0.6) is 17.2 Å². The summed E-state index contributed by atoms with van der Waals surface area (Å²) in [6.45, 7) is 19.4. The van der Waals surface area contributed by atoms with Gasteiger partial charge in [-0.1, -0.05) is 47.9 Å². The first-order valence-corrected chi connectivity index (χ1v) is 25.7. The number of benzene rings is 2. The number of carbonyl (C=O) groups excluding carboxylic acids is 6. The van der Waals surface area contributed by atoms with Gasteiger partial charge in [0.25, 0.3) is 0 Å². The molecule has 2 aromatic carbocycles. The molecule has 18 nitrogen and oxygen atoms in total. The number of fused-ring (bicyclic) bond motifs is 1.